The summed E-state index contributed by atoms with van der Waals surface area (Å²) in [5, 5.41) is 17.1. The van der Waals surface area contributed by atoms with Crippen LogP contribution >= 0.6 is 0 Å². The lowest BCUT2D eigenvalue weighted by Crippen LogP contribution is -2.42. The van der Waals surface area contributed by atoms with Crippen LogP contribution in [-0.2, 0) is 5.60 Å². The zero-order valence-electron chi connectivity index (χ0n) is 11.1. The van der Waals surface area contributed by atoms with Gasteiger partial charge in [0, 0.05) is 6.07 Å². The van der Waals surface area contributed by atoms with Crippen LogP contribution in [0.4, 0.5) is 0 Å². The number of rotatable bonds is 5. The molecule has 0 aromatic carbocycles. The van der Waals surface area contributed by atoms with Gasteiger partial charge in [0.25, 0.3) is 5.91 Å². The molecule has 0 spiro atoms. The number of hydrogen-bond donors (Lipinski definition) is 2. The molecular formula is C14H16N2O4. The molecule has 1 atom stereocenters. The van der Waals surface area contributed by atoms with Gasteiger partial charge in [-0.2, -0.15) is 0 Å². The van der Waals surface area contributed by atoms with Gasteiger partial charge in [-0.1, -0.05) is 5.16 Å². The average Bonchev–Trinajstić information content (AvgIpc) is 2.98. The van der Waals surface area contributed by atoms with E-state index in [0.717, 1.165) is 12.8 Å². The maximum atomic E-state index is 11.9. The van der Waals surface area contributed by atoms with E-state index < -0.39 is 5.60 Å². The molecule has 6 nitrogen and oxygen atoms in total. The van der Waals surface area contributed by atoms with Gasteiger partial charge in [0.1, 0.15) is 17.1 Å². The molecule has 0 bridgehead atoms. The van der Waals surface area contributed by atoms with Gasteiger partial charge in [-0.25, -0.2) is 0 Å². The second-order valence-electron chi connectivity index (χ2n) is 5.18. The Bertz CT molecular complexity index is 600. The molecule has 0 saturated heterocycles. The number of nitrogens with one attached hydrogen (secondary N) is 1. The molecular weight excluding hydrogens is 260 g/mol. The number of furan rings is 1. The topological polar surface area (TPSA) is 88.5 Å². The minimum atomic E-state index is -1.15. The molecule has 6 heteroatoms. The fraction of sp³-hybridized carbons (Fsp3) is 0.429. The van der Waals surface area contributed by atoms with Crippen molar-refractivity contribution in [2.24, 2.45) is 5.92 Å². The summed E-state index contributed by atoms with van der Waals surface area (Å²) in [5.41, 5.74) is -0.946. The number of carbonyl (C=O) groups is 1. The standard InChI is InChI=1S/C14H16N2O4/c1-9-7-11(16-20-9)13(17)15-8-14(18,10-4-5-10)12-3-2-6-19-12/h2-3,6-7,10,18H,4-5,8H2,1H3,(H,15,17). The van der Waals surface area contributed by atoms with E-state index in [4.69, 9.17) is 8.94 Å². The van der Waals surface area contributed by atoms with E-state index in [1.54, 1.807) is 25.1 Å². The third kappa shape index (κ3) is 2.34. The first-order valence-electron chi connectivity index (χ1n) is 6.57. The number of aromatic nitrogens is 1. The number of amides is 1. The first kappa shape index (κ1) is 12.9. The van der Waals surface area contributed by atoms with Gasteiger partial charge < -0.3 is 19.4 Å². The average molecular weight is 276 g/mol. The van der Waals surface area contributed by atoms with Crippen LogP contribution in [0.15, 0.2) is 33.4 Å². The third-order valence-electron chi connectivity index (χ3n) is 3.58. The summed E-state index contributed by atoms with van der Waals surface area (Å²) in [5.74, 6) is 0.802. The maximum absolute atomic E-state index is 11.9. The second-order valence-corrected chi connectivity index (χ2v) is 5.18. The summed E-state index contributed by atoms with van der Waals surface area (Å²) < 4.78 is 10.2. The Kier molecular flexibility index (Phi) is 3.10. The van der Waals surface area contributed by atoms with E-state index in [9.17, 15) is 9.90 Å². The molecule has 1 aliphatic carbocycles. The van der Waals surface area contributed by atoms with Gasteiger partial charge in [-0.15, -0.1) is 0 Å². The first-order chi connectivity index (χ1) is 9.59. The third-order valence-corrected chi connectivity index (χ3v) is 3.58. The maximum Gasteiger partial charge on any atom is 0.273 e. The predicted molar refractivity (Wildman–Crippen MR) is 68.9 cm³/mol. The lowest BCUT2D eigenvalue weighted by atomic mass is 9.94. The van der Waals surface area contributed by atoms with E-state index in [2.05, 4.69) is 10.5 Å². The Morgan fingerprint density at radius 3 is 2.95 bits per heavy atom. The zero-order valence-corrected chi connectivity index (χ0v) is 11.1. The summed E-state index contributed by atoms with van der Waals surface area (Å²) in [7, 11) is 0. The molecule has 2 heterocycles. The molecule has 20 heavy (non-hydrogen) atoms. The normalized spacial score (nSPS) is 17.7. The predicted octanol–water partition coefficient (Wildman–Crippen LogP) is 1.60. The highest BCUT2D eigenvalue weighted by atomic mass is 16.5. The lowest BCUT2D eigenvalue weighted by molar-refractivity contribution is -0.00617. The van der Waals surface area contributed by atoms with Crippen molar-refractivity contribution in [1.82, 2.24) is 10.5 Å². The summed E-state index contributed by atoms with van der Waals surface area (Å²) in [6.07, 6.45) is 3.37. The van der Waals surface area contributed by atoms with E-state index >= 15 is 0 Å². The van der Waals surface area contributed by atoms with Crippen molar-refractivity contribution in [3.05, 3.63) is 41.7 Å². The minimum Gasteiger partial charge on any atom is -0.466 e. The van der Waals surface area contributed by atoms with Crippen LogP contribution in [0.5, 0.6) is 0 Å². The van der Waals surface area contributed by atoms with Crippen molar-refractivity contribution in [2.45, 2.75) is 25.4 Å². The van der Waals surface area contributed by atoms with Crippen molar-refractivity contribution in [3.63, 3.8) is 0 Å². The van der Waals surface area contributed by atoms with Crippen LogP contribution < -0.4 is 5.32 Å². The van der Waals surface area contributed by atoms with E-state index in [1.807, 2.05) is 0 Å². The van der Waals surface area contributed by atoms with Gasteiger partial charge in [-0.05, 0) is 37.8 Å². The Labute approximate surface area is 115 Å². The molecule has 2 aromatic heterocycles. The van der Waals surface area contributed by atoms with Crippen LogP contribution in [0.25, 0.3) is 0 Å². The Morgan fingerprint density at radius 1 is 1.60 bits per heavy atom. The molecule has 2 N–H and O–H groups in total. The van der Waals surface area contributed by atoms with Crippen molar-refractivity contribution < 1.29 is 18.8 Å². The van der Waals surface area contributed by atoms with Gasteiger partial charge >= 0.3 is 0 Å². The smallest absolute Gasteiger partial charge is 0.273 e. The highest BCUT2D eigenvalue weighted by Crippen LogP contribution is 2.45. The lowest BCUT2D eigenvalue weighted by Gasteiger charge is -2.26. The summed E-state index contributed by atoms with van der Waals surface area (Å²) in [4.78, 5) is 11.9. The second kappa shape index (κ2) is 4.79. The minimum absolute atomic E-state index is 0.0932. The van der Waals surface area contributed by atoms with Gasteiger partial charge in [-0.3, -0.25) is 4.79 Å². The van der Waals surface area contributed by atoms with Crippen LogP contribution in [0.2, 0.25) is 0 Å². The van der Waals surface area contributed by atoms with E-state index in [-0.39, 0.29) is 24.1 Å². The van der Waals surface area contributed by atoms with Crippen molar-refractivity contribution in [2.75, 3.05) is 6.54 Å². The summed E-state index contributed by atoms with van der Waals surface area (Å²) in [6, 6.07) is 5.01. The van der Waals surface area contributed by atoms with E-state index in [0.29, 0.717) is 11.5 Å². The monoisotopic (exact) mass is 276 g/mol. The van der Waals surface area contributed by atoms with Crippen LogP contribution in [-0.4, -0.2) is 22.7 Å². The summed E-state index contributed by atoms with van der Waals surface area (Å²) in [6.45, 7) is 1.81. The van der Waals surface area contributed by atoms with Gasteiger partial charge in [0.05, 0.1) is 12.8 Å². The zero-order chi connectivity index (χ0) is 14.2. The first-order valence-corrected chi connectivity index (χ1v) is 6.57. The number of aryl methyl sites for hydroxylation is 1. The highest BCUT2D eigenvalue weighted by molar-refractivity contribution is 5.92. The van der Waals surface area contributed by atoms with Crippen LogP contribution in [0.3, 0.4) is 0 Å². The van der Waals surface area contributed by atoms with Crippen molar-refractivity contribution in [1.29, 1.82) is 0 Å². The fourth-order valence-electron chi connectivity index (χ4n) is 2.30. The van der Waals surface area contributed by atoms with Crippen LogP contribution in [0.1, 0.15) is 34.9 Å². The number of carbonyl (C=O) groups excluding carboxylic acids is 1. The SMILES string of the molecule is Cc1cc(C(=O)NCC(O)(c2ccco2)C2CC2)no1. The molecule has 1 unspecified atom stereocenters. The molecule has 106 valence electrons. The number of nitrogens with zero attached hydrogens (tertiary/aromatic N) is 1. The number of aliphatic hydroxyl groups is 1. The van der Waals surface area contributed by atoms with Crippen molar-refractivity contribution in [3.8, 4) is 0 Å². The van der Waals surface area contributed by atoms with Gasteiger partial charge in [0.15, 0.2) is 5.69 Å². The molecule has 0 aliphatic heterocycles. The molecule has 1 amide bonds. The van der Waals surface area contributed by atoms with Crippen LogP contribution in [0, 0.1) is 12.8 Å². The molecule has 1 saturated carbocycles. The quantitative estimate of drug-likeness (QED) is 0.866. The Balaban J connectivity index is 1.70. The Hall–Kier alpha value is -2.08. The molecule has 3 rings (SSSR count). The fourth-order valence-corrected chi connectivity index (χ4v) is 2.30. The van der Waals surface area contributed by atoms with Gasteiger partial charge in [0.2, 0.25) is 0 Å². The largest absolute Gasteiger partial charge is 0.466 e. The molecule has 2 aromatic rings. The number of hydrogen-bond acceptors (Lipinski definition) is 5. The van der Waals surface area contributed by atoms with Crippen molar-refractivity contribution >= 4 is 5.91 Å². The summed E-state index contributed by atoms with van der Waals surface area (Å²) >= 11 is 0. The van der Waals surface area contributed by atoms with E-state index in [1.165, 1.54) is 6.26 Å². The molecule has 1 fully saturated rings. The molecule has 0 radical (unpaired) electrons. The highest BCUT2D eigenvalue weighted by Gasteiger charge is 2.47. The molecule has 1 aliphatic rings. The Morgan fingerprint density at radius 2 is 2.40 bits per heavy atom.